The summed E-state index contributed by atoms with van der Waals surface area (Å²) in [6.45, 7) is 0.868. The number of aromatic nitrogens is 2. The van der Waals surface area contributed by atoms with Crippen molar-refractivity contribution >= 4 is 0 Å². The van der Waals surface area contributed by atoms with Gasteiger partial charge in [-0.2, -0.15) is 5.10 Å². The molecule has 4 nitrogen and oxygen atoms in total. The van der Waals surface area contributed by atoms with Gasteiger partial charge < -0.3 is 10.4 Å². The van der Waals surface area contributed by atoms with Gasteiger partial charge in [0.25, 0.3) is 0 Å². The molecule has 0 aliphatic carbocycles. The van der Waals surface area contributed by atoms with E-state index in [0.717, 1.165) is 11.3 Å². The highest BCUT2D eigenvalue weighted by molar-refractivity contribution is 5.31. The zero-order valence-electron chi connectivity index (χ0n) is 12.9. The van der Waals surface area contributed by atoms with E-state index in [0.29, 0.717) is 18.7 Å². The maximum absolute atomic E-state index is 12.9. The minimum Gasteiger partial charge on any atom is -0.387 e. The summed E-state index contributed by atoms with van der Waals surface area (Å²) >= 11 is 0. The van der Waals surface area contributed by atoms with Crippen molar-refractivity contribution < 1.29 is 13.9 Å². The standard InChI is InChI=1S/C18H17F2N3O/c19-15-3-1-14(2-4-15)18(24)11-21-9-13-10-22-23(12-13)17-7-5-16(20)6-8-17/h1-8,10,12,18,21,24H,9,11H2. The fourth-order valence-corrected chi connectivity index (χ4v) is 2.34. The predicted octanol–water partition coefficient (Wildman–Crippen LogP) is 2.97. The molecule has 0 aliphatic rings. The van der Waals surface area contributed by atoms with Crippen molar-refractivity contribution in [3.8, 4) is 5.69 Å². The molecule has 0 radical (unpaired) electrons. The molecular formula is C18H17F2N3O. The highest BCUT2D eigenvalue weighted by atomic mass is 19.1. The van der Waals surface area contributed by atoms with Crippen molar-refractivity contribution in [3.63, 3.8) is 0 Å². The summed E-state index contributed by atoms with van der Waals surface area (Å²) in [6.07, 6.45) is 2.84. The zero-order chi connectivity index (χ0) is 16.9. The van der Waals surface area contributed by atoms with E-state index >= 15 is 0 Å². The van der Waals surface area contributed by atoms with Gasteiger partial charge in [-0.25, -0.2) is 13.5 Å². The predicted molar refractivity (Wildman–Crippen MR) is 86.6 cm³/mol. The Morgan fingerprint density at radius 2 is 1.62 bits per heavy atom. The molecule has 0 aliphatic heterocycles. The smallest absolute Gasteiger partial charge is 0.123 e. The van der Waals surface area contributed by atoms with Crippen LogP contribution in [0.25, 0.3) is 5.69 Å². The summed E-state index contributed by atoms with van der Waals surface area (Å²) in [5.41, 5.74) is 2.37. The Labute approximate surface area is 138 Å². The van der Waals surface area contributed by atoms with Crippen molar-refractivity contribution in [1.82, 2.24) is 15.1 Å². The first-order valence-electron chi connectivity index (χ1n) is 7.55. The molecule has 1 atom stereocenters. The van der Waals surface area contributed by atoms with E-state index in [1.807, 2.05) is 6.20 Å². The number of aliphatic hydroxyl groups excluding tert-OH is 1. The fourth-order valence-electron chi connectivity index (χ4n) is 2.34. The SMILES string of the molecule is OC(CNCc1cnn(-c2ccc(F)cc2)c1)c1ccc(F)cc1. The lowest BCUT2D eigenvalue weighted by atomic mass is 10.1. The molecule has 6 heteroatoms. The highest BCUT2D eigenvalue weighted by Gasteiger charge is 2.08. The molecule has 0 fully saturated rings. The molecule has 1 aromatic heterocycles. The van der Waals surface area contributed by atoms with Gasteiger partial charge in [0.15, 0.2) is 0 Å². The summed E-state index contributed by atoms with van der Waals surface area (Å²) in [5.74, 6) is -0.616. The number of halogens is 2. The quantitative estimate of drug-likeness (QED) is 0.731. The number of benzene rings is 2. The van der Waals surface area contributed by atoms with Gasteiger partial charge in [-0.1, -0.05) is 12.1 Å². The number of nitrogens with one attached hydrogen (secondary N) is 1. The van der Waals surface area contributed by atoms with Crippen LogP contribution in [-0.4, -0.2) is 21.4 Å². The van der Waals surface area contributed by atoms with Crippen LogP contribution in [0.15, 0.2) is 60.9 Å². The summed E-state index contributed by atoms with van der Waals surface area (Å²) in [6, 6.07) is 11.8. The Balaban J connectivity index is 1.54. The second-order valence-corrected chi connectivity index (χ2v) is 5.47. The van der Waals surface area contributed by atoms with E-state index in [9.17, 15) is 13.9 Å². The Kier molecular flexibility index (Phi) is 4.98. The van der Waals surface area contributed by atoms with E-state index in [1.54, 1.807) is 35.1 Å². The Morgan fingerprint density at radius 3 is 2.29 bits per heavy atom. The van der Waals surface area contributed by atoms with E-state index in [2.05, 4.69) is 10.4 Å². The first kappa shape index (κ1) is 16.3. The van der Waals surface area contributed by atoms with Gasteiger partial charge in [0.2, 0.25) is 0 Å². The molecule has 0 bridgehead atoms. The Bertz CT molecular complexity index is 785. The lowest BCUT2D eigenvalue weighted by Gasteiger charge is -2.11. The van der Waals surface area contributed by atoms with Crippen molar-refractivity contribution in [2.45, 2.75) is 12.6 Å². The molecule has 3 rings (SSSR count). The van der Waals surface area contributed by atoms with Crippen LogP contribution in [0.4, 0.5) is 8.78 Å². The molecule has 3 aromatic rings. The summed E-state index contributed by atoms with van der Waals surface area (Å²) in [5, 5.41) is 17.4. The lowest BCUT2D eigenvalue weighted by Crippen LogP contribution is -2.20. The fraction of sp³-hybridized carbons (Fsp3) is 0.167. The van der Waals surface area contributed by atoms with Gasteiger partial charge in [-0.3, -0.25) is 0 Å². The number of aliphatic hydroxyl groups is 1. The molecule has 0 saturated heterocycles. The molecule has 0 spiro atoms. The van der Waals surface area contributed by atoms with Crippen molar-refractivity contribution in [2.24, 2.45) is 0 Å². The Hall–Kier alpha value is -2.57. The van der Waals surface area contributed by atoms with Crippen LogP contribution in [0, 0.1) is 11.6 Å². The molecule has 1 heterocycles. The second kappa shape index (κ2) is 7.33. The third-order valence-corrected chi connectivity index (χ3v) is 3.65. The minimum absolute atomic E-state index is 0.289. The van der Waals surface area contributed by atoms with E-state index in [4.69, 9.17) is 0 Å². The third-order valence-electron chi connectivity index (χ3n) is 3.65. The van der Waals surface area contributed by atoms with E-state index in [-0.39, 0.29) is 11.6 Å². The van der Waals surface area contributed by atoms with E-state index in [1.165, 1.54) is 24.3 Å². The first-order valence-corrected chi connectivity index (χ1v) is 7.55. The molecule has 124 valence electrons. The topological polar surface area (TPSA) is 50.1 Å². The maximum Gasteiger partial charge on any atom is 0.123 e. The summed E-state index contributed by atoms with van der Waals surface area (Å²) < 4.78 is 27.4. The van der Waals surface area contributed by atoms with Gasteiger partial charge in [-0.05, 0) is 42.0 Å². The van der Waals surface area contributed by atoms with Gasteiger partial charge in [-0.15, -0.1) is 0 Å². The number of nitrogens with zero attached hydrogens (tertiary/aromatic N) is 2. The van der Waals surface area contributed by atoms with Crippen LogP contribution >= 0.6 is 0 Å². The van der Waals surface area contributed by atoms with Crippen molar-refractivity contribution in [1.29, 1.82) is 0 Å². The Morgan fingerprint density at radius 1 is 1.00 bits per heavy atom. The van der Waals surface area contributed by atoms with Gasteiger partial charge >= 0.3 is 0 Å². The van der Waals surface area contributed by atoms with Crippen LogP contribution < -0.4 is 5.32 Å². The monoisotopic (exact) mass is 329 g/mol. The van der Waals surface area contributed by atoms with Crippen LogP contribution in [0.3, 0.4) is 0 Å². The number of rotatable bonds is 6. The van der Waals surface area contributed by atoms with Crippen molar-refractivity contribution in [3.05, 3.63) is 83.7 Å². The van der Waals surface area contributed by atoms with Gasteiger partial charge in [0.1, 0.15) is 11.6 Å². The van der Waals surface area contributed by atoms with Crippen LogP contribution in [0.5, 0.6) is 0 Å². The minimum atomic E-state index is -0.710. The average molecular weight is 329 g/mol. The molecule has 1 unspecified atom stereocenters. The van der Waals surface area contributed by atoms with Crippen LogP contribution in [0.1, 0.15) is 17.2 Å². The number of hydrogen-bond acceptors (Lipinski definition) is 3. The largest absolute Gasteiger partial charge is 0.387 e. The molecule has 2 aromatic carbocycles. The van der Waals surface area contributed by atoms with Gasteiger partial charge in [0, 0.05) is 24.8 Å². The van der Waals surface area contributed by atoms with Gasteiger partial charge in [0.05, 0.1) is 18.0 Å². The van der Waals surface area contributed by atoms with E-state index < -0.39 is 6.10 Å². The number of hydrogen-bond donors (Lipinski definition) is 2. The summed E-state index contributed by atoms with van der Waals surface area (Å²) in [4.78, 5) is 0. The molecular weight excluding hydrogens is 312 g/mol. The first-order chi connectivity index (χ1) is 11.6. The lowest BCUT2D eigenvalue weighted by molar-refractivity contribution is 0.174. The van der Waals surface area contributed by atoms with Crippen LogP contribution in [0.2, 0.25) is 0 Å². The average Bonchev–Trinajstić information content (AvgIpc) is 3.05. The molecule has 2 N–H and O–H groups in total. The normalized spacial score (nSPS) is 12.3. The second-order valence-electron chi connectivity index (χ2n) is 5.47. The zero-order valence-corrected chi connectivity index (χ0v) is 12.9. The summed E-state index contributed by atoms with van der Waals surface area (Å²) in [7, 11) is 0. The maximum atomic E-state index is 12.9. The molecule has 0 amide bonds. The third kappa shape index (κ3) is 4.04. The van der Waals surface area contributed by atoms with Crippen molar-refractivity contribution in [2.75, 3.05) is 6.54 Å². The molecule has 0 saturated carbocycles. The molecule has 24 heavy (non-hydrogen) atoms. The van der Waals surface area contributed by atoms with Crippen LogP contribution in [-0.2, 0) is 6.54 Å². The highest BCUT2D eigenvalue weighted by Crippen LogP contribution is 2.13.